The smallest absolute Gasteiger partial charge is 0.230 e. The maximum absolute atomic E-state index is 13.1. The Kier molecular flexibility index (Phi) is 3.60. The van der Waals surface area contributed by atoms with Gasteiger partial charge in [0.2, 0.25) is 5.91 Å². The number of carbonyl (C=O) groups is 1. The molecule has 1 aromatic heterocycles. The molecule has 1 aliphatic rings. The van der Waals surface area contributed by atoms with Crippen LogP contribution in [0.25, 0.3) is 10.9 Å². The van der Waals surface area contributed by atoms with Crippen LogP contribution in [0.1, 0.15) is 18.4 Å². The van der Waals surface area contributed by atoms with Crippen LogP contribution in [0.2, 0.25) is 0 Å². The fourth-order valence-electron chi connectivity index (χ4n) is 3.34. The summed E-state index contributed by atoms with van der Waals surface area (Å²) in [5.41, 5.74) is 1.63. The average molecular weight is 322 g/mol. The first-order valence-corrected chi connectivity index (χ1v) is 8.27. The molecule has 3 aromatic rings. The molecule has 0 atom stereocenters. The number of amides is 1. The van der Waals surface area contributed by atoms with E-state index < -0.39 is 5.41 Å². The number of aromatic nitrogens is 1. The third-order valence-electron chi connectivity index (χ3n) is 4.90. The Morgan fingerprint density at radius 2 is 1.83 bits per heavy atom. The maximum Gasteiger partial charge on any atom is 0.230 e. The van der Waals surface area contributed by atoms with E-state index in [2.05, 4.69) is 28.1 Å². The largest absolute Gasteiger partial charge is 0.354 e. The zero-order chi connectivity index (χ0) is 16.6. The van der Waals surface area contributed by atoms with Crippen molar-refractivity contribution in [3.63, 3.8) is 0 Å². The number of fused-ring (bicyclic) bond motifs is 1. The second-order valence-corrected chi connectivity index (χ2v) is 6.41. The number of nitrogens with zero attached hydrogens (tertiary/aromatic N) is 1. The Morgan fingerprint density at radius 3 is 2.58 bits per heavy atom. The molecule has 0 radical (unpaired) electrons. The molecule has 4 heteroatoms. The van der Waals surface area contributed by atoms with Gasteiger partial charge in [-0.2, -0.15) is 0 Å². The molecular weight excluding hydrogens is 303 g/mol. The summed E-state index contributed by atoms with van der Waals surface area (Å²) in [6.45, 7) is 1.32. The van der Waals surface area contributed by atoms with Crippen LogP contribution < -0.4 is 5.32 Å². The summed E-state index contributed by atoms with van der Waals surface area (Å²) in [5, 5.41) is 4.25. The quantitative estimate of drug-likeness (QED) is 0.765. The Hall–Kier alpha value is -2.62. The van der Waals surface area contributed by atoms with E-state index in [9.17, 15) is 9.18 Å². The molecule has 1 saturated carbocycles. The van der Waals surface area contributed by atoms with Crippen molar-refractivity contribution in [1.82, 2.24) is 9.88 Å². The van der Waals surface area contributed by atoms with E-state index >= 15 is 0 Å². The Labute approximate surface area is 140 Å². The van der Waals surface area contributed by atoms with Crippen LogP contribution in [0.15, 0.2) is 60.8 Å². The SMILES string of the molecule is O=C(NCCn1ccc2ccccc21)C1(c2ccc(F)cc2)CC1. The van der Waals surface area contributed by atoms with Crippen molar-refractivity contribution in [3.8, 4) is 0 Å². The predicted molar refractivity (Wildman–Crippen MR) is 92.3 cm³/mol. The standard InChI is InChI=1S/C20H19FN2O/c21-17-7-5-16(6-8-17)20(10-11-20)19(24)22-12-14-23-13-9-15-3-1-2-4-18(15)23/h1-9,13H,10-12,14H2,(H,22,24). The zero-order valence-corrected chi connectivity index (χ0v) is 13.3. The van der Waals surface area contributed by atoms with Crippen LogP contribution in [0, 0.1) is 5.82 Å². The van der Waals surface area contributed by atoms with Crippen LogP contribution >= 0.6 is 0 Å². The minimum Gasteiger partial charge on any atom is -0.354 e. The summed E-state index contributed by atoms with van der Waals surface area (Å²) in [7, 11) is 0. The highest BCUT2D eigenvalue weighted by molar-refractivity contribution is 5.91. The lowest BCUT2D eigenvalue weighted by atomic mass is 9.95. The Balaban J connectivity index is 1.41. The first kappa shape index (κ1) is 14.9. The van der Waals surface area contributed by atoms with Crippen molar-refractivity contribution in [2.24, 2.45) is 0 Å². The van der Waals surface area contributed by atoms with Gasteiger partial charge in [-0.1, -0.05) is 30.3 Å². The van der Waals surface area contributed by atoms with Gasteiger partial charge in [0.05, 0.1) is 5.41 Å². The molecule has 1 aliphatic carbocycles. The van der Waals surface area contributed by atoms with E-state index in [0.717, 1.165) is 24.9 Å². The predicted octanol–water partition coefficient (Wildman–Crippen LogP) is 3.63. The molecule has 3 nitrogen and oxygen atoms in total. The van der Waals surface area contributed by atoms with Gasteiger partial charge in [-0.05, 0) is 48.1 Å². The molecule has 0 bridgehead atoms. The molecule has 1 fully saturated rings. The van der Waals surface area contributed by atoms with Gasteiger partial charge in [-0.25, -0.2) is 4.39 Å². The van der Waals surface area contributed by atoms with E-state index in [-0.39, 0.29) is 11.7 Å². The van der Waals surface area contributed by atoms with Crippen molar-refractivity contribution in [3.05, 3.63) is 72.2 Å². The normalized spacial score (nSPS) is 15.4. The number of carbonyl (C=O) groups excluding carboxylic acids is 1. The van der Waals surface area contributed by atoms with Gasteiger partial charge in [-0.15, -0.1) is 0 Å². The molecule has 24 heavy (non-hydrogen) atoms. The van der Waals surface area contributed by atoms with Crippen molar-refractivity contribution in [1.29, 1.82) is 0 Å². The molecule has 0 unspecified atom stereocenters. The van der Waals surface area contributed by atoms with Gasteiger partial charge >= 0.3 is 0 Å². The molecule has 2 aromatic carbocycles. The number of hydrogen-bond donors (Lipinski definition) is 1. The van der Waals surface area contributed by atoms with Gasteiger partial charge in [0.1, 0.15) is 5.82 Å². The zero-order valence-electron chi connectivity index (χ0n) is 13.3. The fraction of sp³-hybridized carbons (Fsp3) is 0.250. The lowest BCUT2D eigenvalue weighted by molar-refractivity contribution is -0.123. The average Bonchev–Trinajstić information content (AvgIpc) is 3.32. The highest BCUT2D eigenvalue weighted by Crippen LogP contribution is 2.48. The van der Waals surface area contributed by atoms with Crippen LogP contribution in [0.5, 0.6) is 0 Å². The van der Waals surface area contributed by atoms with Crippen LogP contribution in [0.4, 0.5) is 4.39 Å². The minimum absolute atomic E-state index is 0.0468. The third-order valence-corrected chi connectivity index (χ3v) is 4.90. The number of benzene rings is 2. The Bertz CT molecular complexity index is 878. The first-order valence-electron chi connectivity index (χ1n) is 8.27. The van der Waals surface area contributed by atoms with Crippen LogP contribution in [-0.2, 0) is 16.8 Å². The summed E-state index contributed by atoms with van der Waals surface area (Å²) >= 11 is 0. The summed E-state index contributed by atoms with van der Waals surface area (Å²) in [5.74, 6) is -0.222. The van der Waals surface area contributed by atoms with E-state index in [0.29, 0.717) is 6.54 Å². The number of hydrogen-bond acceptors (Lipinski definition) is 1. The van der Waals surface area contributed by atoms with Crippen LogP contribution in [-0.4, -0.2) is 17.0 Å². The van der Waals surface area contributed by atoms with Crippen molar-refractivity contribution in [2.75, 3.05) is 6.54 Å². The third kappa shape index (κ3) is 2.58. The minimum atomic E-state index is -0.452. The van der Waals surface area contributed by atoms with Crippen molar-refractivity contribution in [2.45, 2.75) is 24.8 Å². The summed E-state index contributed by atoms with van der Waals surface area (Å²) in [6, 6.07) is 16.6. The lowest BCUT2D eigenvalue weighted by Gasteiger charge is -2.16. The van der Waals surface area contributed by atoms with Crippen molar-refractivity contribution < 1.29 is 9.18 Å². The number of nitrogens with one attached hydrogen (secondary N) is 1. The monoisotopic (exact) mass is 322 g/mol. The van der Waals surface area contributed by atoms with E-state index in [1.807, 2.05) is 18.3 Å². The van der Waals surface area contributed by atoms with Gasteiger partial charge in [0.25, 0.3) is 0 Å². The van der Waals surface area contributed by atoms with E-state index in [4.69, 9.17) is 0 Å². The van der Waals surface area contributed by atoms with Crippen molar-refractivity contribution >= 4 is 16.8 Å². The van der Waals surface area contributed by atoms with Gasteiger partial charge < -0.3 is 9.88 Å². The summed E-state index contributed by atoms with van der Waals surface area (Å²) in [6.07, 6.45) is 3.71. The fourth-order valence-corrected chi connectivity index (χ4v) is 3.34. The Morgan fingerprint density at radius 1 is 1.08 bits per heavy atom. The molecule has 1 amide bonds. The number of rotatable bonds is 5. The molecule has 4 rings (SSSR count). The number of para-hydroxylation sites is 1. The van der Waals surface area contributed by atoms with Gasteiger partial charge in [0.15, 0.2) is 0 Å². The van der Waals surface area contributed by atoms with E-state index in [1.54, 1.807) is 12.1 Å². The van der Waals surface area contributed by atoms with Crippen LogP contribution in [0.3, 0.4) is 0 Å². The second-order valence-electron chi connectivity index (χ2n) is 6.41. The molecule has 0 spiro atoms. The summed E-state index contributed by atoms with van der Waals surface area (Å²) in [4.78, 5) is 12.6. The molecule has 122 valence electrons. The highest BCUT2D eigenvalue weighted by atomic mass is 19.1. The molecule has 1 heterocycles. The molecular formula is C20H19FN2O. The second kappa shape index (κ2) is 5.78. The highest BCUT2D eigenvalue weighted by Gasteiger charge is 2.50. The summed E-state index contributed by atoms with van der Waals surface area (Å²) < 4.78 is 15.2. The lowest BCUT2D eigenvalue weighted by Crippen LogP contribution is -2.36. The molecule has 1 N–H and O–H groups in total. The maximum atomic E-state index is 13.1. The van der Waals surface area contributed by atoms with E-state index in [1.165, 1.54) is 23.0 Å². The van der Waals surface area contributed by atoms with Gasteiger partial charge in [-0.3, -0.25) is 4.79 Å². The molecule has 0 saturated heterocycles. The topological polar surface area (TPSA) is 34.0 Å². The number of halogens is 1. The molecule has 0 aliphatic heterocycles. The first-order chi connectivity index (χ1) is 11.7. The van der Waals surface area contributed by atoms with Gasteiger partial charge in [0, 0.05) is 24.8 Å².